The van der Waals surface area contributed by atoms with Crippen LogP contribution in [0.2, 0.25) is 6.32 Å². The zero-order valence-corrected chi connectivity index (χ0v) is 25.7. The van der Waals surface area contributed by atoms with Crippen molar-refractivity contribution in [3.05, 3.63) is 99.3 Å². The molecule has 2 aromatic carbocycles. The first kappa shape index (κ1) is 30.4. The van der Waals surface area contributed by atoms with Crippen molar-refractivity contribution in [2.24, 2.45) is 17.8 Å². The summed E-state index contributed by atoms with van der Waals surface area (Å²) in [7, 11) is -1.02. The molecule has 2 N–H and O–H groups in total. The number of phenolic OH excluding ortho intramolecular Hbond substituents is 1. The minimum Gasteiger partial charge on any atom is -0.508 e. The van der Waals surface area contributed by atoms with E-state index in [9.17, 15) is 19.7 Å². The van der Waals surface area contributed by atoms with Gasteiger partial charge in [0.05, 0.1) is 24.5 Å². The Morgan fingerprint density at radius 2 is 1.84 bits per heavy atom. The van der Waals surface area contributed by atoms with Crippen LogP contribution in [0.15, 0.2) is 88.8 Å². The molecule has 228 valence electrons. The Bertz CT molecular complexity index is 1520. The number of benzene rings is 2. The van der Waals surface area contributed by atoms with E-state index < -0.39 is 25.1 Å². The Morgan fingerprint density at radius 1 is 1.05 bits per heavy atom. The number of nitrogens with zero attached hydrogens (tertiary/aromatic N) is 1. The number of phenols is 1. The number of fused-ring (bicyclic) bond motifs is 3. The van der Waals surface area contributed by atoms with E-state index in [1.807, 2.05) is 60.0 Å². The molecule has 3 aliphatic rings. The van der Waals surface area contributed by atoms with Crippen LogP contribution in [0.1, 0.15) is 49.5 Å². The topological polar surface area (TPSA) is 96.3 Å². The lowest BCUT2D eigenvalue weighted by molar-refractivity contribution is -0.140. The van der Waals surface area contributed by atoms with Crippen molar-refractivity contribution < 1.29 is 29.1 Å². The number of allylic oxidation sites excluding steroid dienone is 1. The Hall–Kier alpha value is -3.66. The molecule has 1 aliphatic carbocycles. The van der Waals surface area contributed by atoms with Gasteiger partial charge in [-0.2, -0.15) is 0 Å². The molecule has 9 heteroatoms. The quantitative estimate of drug-likeness (QED) is 0.146. The molecule has 4 atom stereocenters. The second-order valence-corrected chi connectivity index (χ2v) is 13.0. The van der Waals surface area contributed by atoms with E-state index in [1.54, 1.807) is 12.1 Å². The molecule has 0 spiro atoms. The maximum absolute atomic E-state index is 13.9. The van der Waals surface area contributed by atoms with Crippen molar-refractivity contribution in [2.75, 3.05) is 6.61 Å². The van der Waals surface area contributed by atoms with E-state index in [0.29, 0.717) is 19.4 Å². The predicted octanol–water partition coefficient (Wildman–Crippen LogP) is 6.49. The summed E-state index contributed by atoms with van der Waals surface area (Å²) in [5.41, 5.74) is 4.29. The summed E-state index contributed by atoms with van der Waals surface area (Å²) >= 11 is 1.54. The van der Waals surface area contributed by atoms with Gasteiger partial charge in [-0.15, -0.1) is 11.3 Å². The van der Waals surface area contributed by atoms with Gasteiger partial charge in [0.15, 0.2) is 0 Å². The van der Waals surface area contributed by atoms with Gasteiger partial charge in [-0.1, -0.05) is 61.4 Å². The smallest absolute Gasteiger partial charge is 0.455 e. The van der Waals surface area contributed by atoms with Crippen molar-refractivity contribution >= 4 is 36.3 Å². The number of imide groups is 1. The summed E-state index contributed by atoms with van der Waals surface area (Å²) in [5, 5.41) is 22.6. The van der Waals surface area contributed by atoms with Gasteiger partial charge >= 0.3 is 7.12 Å². The second kappa shape index (κ2) is 13.5. The summed E-state index contributed by atoms with van der Waals surface area (Å²) in [4.78, 5) is 30.1. The monoisotopic (exact) mass is 611 g/mol. The third-order valence-electron chi connectivity index (χ3n) is 9.01. The van der Waals surface area contributed by atoms with Gasteiger partial charge in [0.1, 0.15) is 18.1 Å². The first-order chi connectivity index (χ1) is 21.4. The first-order valence-corrected chi connectivity index (χ1v) is 16.4. The molecule has 44 heavy (non-hydrogen) atoms. The van der Waals surface area contributed by atoms with Crippen molar-refractivity contribution in [2.45, 2.75) is 58.0 Å². The fourth-order valence-corrected chi connectivity index (χ4v) is 7.77. The fourth-order valence-electron chi connectivity index (χ4n) is 7.08. The van der Waals surface area contributed by atoms with Crippen LogP contribution >= 0.6 is 11.3 Å². The zero-order chi connectivity index (χ0) is 30.6. The van der Waals surface area contributed by atoms with Gasteiger partial charge in [-0.05, 0) is 90.3 Å². The van der Waals surface area contributed by atoms with Gasteiger partial charge in [0.2, 0.25) is 11.8 Å². The van der Waals surface area contributed by atoms with E-state index in [2.05, 4.69) is 13.0 Å². The van der Waals surface area contributed by atoms with Gasteiger partial charge < -0.3 is 19.5 Å². The Balaban J connectivity index is 1.30. The lowest BCUT2D eigenvalue weighted by Crippen LogP contribution is -2.46. The molecule has 0 unspecified atom stereocenters. The molecule has 3 aromatic rings. The normalized spacial score (nSPS) is 23.6. The zero-order valence-electron chi connectivity index (χ0n) is 24.9. The van der Waals surface area contributed by atoms with E-state index in [-0.39, 0.29) is 36.3 Å². The number of carbonyl (C=O) groups excluding carboxylic acids is 2. The van der Waals surface area contributed by atoms with Crippen LogP contribution in [0.5, 0.6) is 11.5 Å². The van der Waals surface area contributed by atoms with Gasteiger partial charge in [0, 0.05) is 4.88 Å². The molecule has 2 amide bonds. The molecule has 0 saturated carbocycles. The van der Waals surface area contributed by atoms with E-state index in [1.165, 1.54) is 21.8 Å². The van der Waals surface area contributed by atoms with Crippen LogP contribution in [0.3, 0.4) is 0 Å². The van der Waals surface area contributed by atoms with Crippen LogP contribution in [-0.2, 0) is 20.8 Å². The molecule has 6 rings (SSSR count). The molecule has 7 nitrogen and oxygen atoms in total. The molecule has 2 saturated heterocycles. The minimum atomic E-state index is -1.02. The highest BCUT2D eigenvalue weighted by Gasteiger charge is 2.57. The molecular weight excluding hydrogens is 573 g/mol. The number of amides is 2. The largest absolute Gasteiger partial charge is 0.508 e. The Morgan fingerprint density at radius 3 is 2.57 bits per heavy atom. The second-order valence-electron chi connectivity index (χ2n) is 11.9. The third kappa shape index (κ3) is 6.55. The number of carbonyl (C=O) groups is 2. The number of likely N-dealkylation sites (tertiary alicyclic amines) is 1. The van der Waals surface area contributed by atoms with Crippen LogP contribution in [0.25, 0.3) is 6.08 Å². The summed E-state index contributed by atoms with van der Waals surface area (Å²) < 4.78 is 12.5. The SMILES string of the molecule is CCC/C(=C\c1ccc(O)cc1)CC[C@H]1OB(O)C[C@H]2C1=C(COc1ccccc1)C[C@H]1C(=O)N(Cc3cccs3)C(=O)[C@H]12. The van der Waals surface area contributed by atoms with Gasteiger partial charge in [-0.25, -0.2) is 0 Å². The third-order valence-corrected chi connectivity index (χ3v) is 9.87. The number of hydrogen-bond donors (Lipinski definition) is 2. The number of thiophene rings is 1. The highest BCUT2D eigenvalue weighted by molar-refractivity contribution is 7.09. The van der Waals surface area contributed by atoms with Crippen LogP contribution in [-0.4, -0.2) is 46.7 Å². The molecular formula is C35H38BNO6S. The molecule has 2 aliphatic heterocycles. The van der Waals surface area contributed by atoms with E-state index in [4.69, 9.17) is 9.39 Å². The Kier molecular flexibility index (Phi) is 9.35. The Labute approximate surface area is 263 Å². The van der Waals surface area contributed by atoms with Crippen molar-refractivity contribution in [1.82, 2.24) is 4.90 Å². The number of para-hydroxylation sites is 1. The minimum absolute atomic E-state index is 0.135. The van der Waals surface area contributed by atoms with E-state index >= 15 is 0 Å². The maximum Gasteiger partial charge on any atom is 0.455 e. The average molecular weight is 612 g/mol. The number of aromatic hydroxyl groups is 1. The maximum atomic E-state index is 13.9. The van der Waals surface area contributed by atoms with E-state index in [0.717, 1.165) is 46.6 Å². The standard InChI is InChI=1S/C35H38BNO6S/c1-2-7-23(18-24-11-14-26(38)15-12-24)13-16-31-32-25(22-42-27-8-4-3-5-9-27)19-29-33(30(32)20-36(41)43-31)35(40)37(34(29)39)21-28-10-6-17-44-28/h3-6,8-12,14-15,17-18,29-31,33,38,41H,2,7,13,16,19-22H2,1H3/b23-18+/t29-,30+,31-,33-/m1/s1. The summed E-state index contributed by atoms with van der Waals surface area (Å²) in [6, 6.07) is 20.6. The number of hydrogen-bond acceptors (Lipinski definition) is 7. The molecule has 1 aromatic heterocycles. The predicted molar refractivity (Wildman–Crippen MR) is 172 cm³/mol. The number of ether oxygens (including phenoxy) is 1. The van der Waals surface area contributed by atoms with Crippen LogP contribution in [0, 0.1) is 17.8 Å². The molecule has 0 radical (unpaired) electrons. The van der Waals surface area contributed by atoms with Crippen LogP contribution < -0.4 is 4.74 Å². The number of rotatable bonds is 11. The van der Waals surface area contributed by atoms with Gasteiger partial charge in [-0.3, -0.25) is 14.5 Å². The molecule has 3 heterocycles. The highest BCUT2D eigenvalue weighted by atomic mass is 32.1. The lowest BCUT2D eigenvalue weighted by atomic mass is 9.58. The lowest BCUT2D eigenvalue weighted by Gasteiger charge is -2.43. The first-order valence-electron chi connectivity index (χ1n) is 15.5. The average Bonchev–Trinajstić information content (AvgIpc) is 3.63. The molecule has 0 bridgehead atoms. The van der Waals surface area contributed by atoms with Crippen molar-refractivity contribution in [1.29, 1.82) is 0 Å². The summed E-state index contributed by atoms with van der Waals surface area (Å²) in [6.07, 6.45) is 5.77. The fraction of sp³-hybridized carbons (Fsp3) is 0.371. The van der Waals surface area contributed by atoms with Crippen molar-refractivity contribution in [3.8, 4) is 11.5 Å². The summed E-state index contributed by atoms with van der Waals surface area (Å²) in [6.45, 7) is 2.73. The highest BCUT2D eigenvalue weighted by Crippen LogP contribution is 2.51. The molecule has 2 fully saturated rings. The van der Waals surface area contributed by atoms with Crippen molar-refractivity contribution in [3.63, 3.8) is 0 Å². The summed E-state index contributed by atoms with van der Waals surface area (Å²) in [5.74, 6) is -0.588. The van der Waals surface area contributed by atoms with Gasteiger partial charge in [0.25, 0.3) is 0 Å². The van der Waals surface area contributed by atoms with Crippen LogP contribution in [0.4, 0.5) is 0 Å².